The van der Waals surface area contributed by atoms with Gasteiger partial charge in [-0.05, 0) is 22.8 Å². The minimum Gasteiger partial charge on any atom is -0.352 e. The van der Waals surface area contributed by atoms with Crippen LogP contribution in [0.4, 0.5) is 5.82 Å². The average Bonchev–Trinajstić information content (AvgIpc) is 2.81. The molecule has 0 saturated heterocycles. The summed E-state index contributed by atoms with van der Waals surface area (Å²) in [5.74, 6) is 0.504. The third-order valence-electron chi connectivity index (χ3n) is 5.18. The summed E-state index contributed by atoms with van der Waals surface area (Å²) in [6.07, 6.45) is 1.73. The molecule has 30 heavy (non-hydrogen) atoms. The van der Waals surface area contributed by atoms with Crippen molar-refractivity contribution < 1.29 is 0 Å². The molecule has 1 aromatic heterocycles. The fourth-order valence-corrected chi connectivity index (χ4v) is 3.78. The Morgan fingerprint density at radius 3 is 1.63 bits per heavy atom. The van der Waals surface area contributed by atoms with Gasteiger partial charge in [0.15, 0.2) is 0 Å². The normalized spacial score (nSPS) is 11.2. The van der Waals surface area contributed by atoms with E-state index in [1.807, 2.05) is 60.7 Å². The van der Waals surface area contributed by atoms with Crippen LogP contribution in [0.3, 0.4) is 0 Å². The highest BCUT2D eigenvalue weighted by Gasteiger charge is 2.36. The summed E-state index contributed by atoms with van der Waals surface area (Å²) in [4.78, 5) is 16.8. The first kappa shape index (κ1) is 19.6. The summed E-state index contributed by atoms with van der Waals surface area (Å²) < 4.78 is 1.51. The van der Waals surface area contributed by atoms with Crippen LogP contribution in [-0.4, -0.2) is 16.1 Å². The number of nitrogens with one attached hydrogen (secondary N) is 1. The average molecular weight is 396 g/mol. The highest BCUT2D eigenvalue weighted by atomic mass is 16.1. The van der Waals surface area contributed by atoms with Crippen molar-refractivity contribution in [3.63, 3.8) is 0 Å². The second-order valence-electron chi connectivity index (χ2n) is 7.05. The molecule has 4 rings (SSSR count). The Bertz CT molecular complexity index is 1050. The summed E-state index contributed by atoms with van der Waals surface area (Å²) >= 11 is 0. The second kappa shape index (κ2) is 8.76. The van der Waals surface area contributed by atoms with Crippen LogP contribution in [0.5, 0.6) is 0 Å². The van der Waals surface area contributed by atoms with Crippen molar-refractivity contribution >= 4 is 5.82 Å². The molecule has 0 aliphatic rings. The molecule has 5 heteroatoms. The van der Waals surface area contributed by atoms with Gasteiger partial charge in [-0.1, -0.05) is 91.0 Å². The van der Waals surface area contributed by atoms with Gasteiger partial charge in [-0.3, -0.25) is 4.57 Å². The van der Waals surface area contributed by atoms with Crippen molar-refractivity contribution in [1.29, 1.82) is 0 Å². The predicted octanol–water partition coefficient (Wildman–Crippen LogP) is 3.61. The van der Waals surface area contributed by atoms with Crippen molar-refractivity contribution in [2.24, 2.45) is 5.73 Å². The number of anilines is 1. The molecule has 150 valence electrons. The van der Waals surface area contributed by atoms with Gasteiger partial charge in [0.2, 0.25) is 0 Å². The van der Waals surface area contributed by atoms with E-state index in [1.165, 1.54) is 4.57 Å². The van der Waals surface area contributed by atoms with Crippen LogP contribution >= 0.6 is 0 Å². The topological polar surface area (TPSA) is 72.9 Å². The van der Waals surface area contributed by atoms with Gasteiger partial charge in [-0.2, -0.15) is 4.98 Å². The molecule has 0 radical (unpaired) electrons. The van der Waals surface area contributed by atoms with Crippen molar-refractivity contribution in [3.05, 3.63) is 130 Å². The zero-order valence-corrected chi connectivity index (χ0v) is 16.6. The van der Waals surface area contributed by atoms with Crippen molar-refractivity contribution in [3.8, 4) is 0 Å². The lowest BCUT2D eigenvalue weighted by molar-refractivity contribution is 0.652. The van der Waals surface area contributed by atoms with Gasteiger partial charge >= 0.3 is 5.69 Å². The zero-order valence-electron chi connectivity index (χ0n) is 16.6. The monoisotopic (exact) mass is 396 g/mol. The fraction of sp³-hybridized carbons (Fsp3) is 0.120. The van der Waals surface area contributed by atoms with Gasteiger partial charge < -0.3 is 11.1 Å². The van der Waals surface area contributed by atoms with Crippen LogP contribution in [0.1, 0.15) is 16.7 Å². The number of nitrogens with zero attached hydrogens (tertiary/aromatic N) is 2. The highest BCUT2D eigenvalue weighted by Crippen LogP contribution is 2.39. The number of aromatic nitrogens is 2. The molecule has 0 bridgehead atoms. The lowest BCUT2D eigenvalue weighted by atomic mass is 9.77. The third kappa shape index (κ3) is 3.75. The maximum absolute atomic E-state index is 12.5. The molecular weight excluding hydrogens is 372 g/mol. The van der Waals surface area contributed by atoms with E-state index in [0.29, 0.717) is 18.9 Å². The van der Waals surface area contributed by atoms with Gasteiger partial charge in [0.05, 0.1) is 0 Å². The molecule has 1 heterocycles. The number of benzene rings is 3. The smallest absolute Gasteiger partial charge is 0.349 e. The number of nitrogens with two attached hydrogens (primary N) is 1. The van der Waals surface area contributed by atoms with E-state index in [0.717, 1.165) is 16.7 Å². The molecule has 0 aliphatic carbocycles. The maximum Gasteiger partial charge on any atom is 0.349 e. The van der Waals surface area contributed by atoms with Crippen molar-refractivity contribution in [2.45, 2.75) is 12.1 Å². The summed E-state index contributed by atoms with van der Waals surface area (Å²) in [5.41, 5.74) is 7.70. The minimum atomic E-state index is -0.719. The van der Waals surface area contributed by atoms with Crippen LogP contribution < -0.4 is 16.7 Å². The van der Waals surface area contributed by atoms with E-state index in [2.05, 4.69) is 46.7 Å². The molecule has 0 fully saturated rings. The minimum absolute atomic E-state index is 0.325. The van der Waals surface area contributed by atoms with Gasteiger partial charge in [-0.25, -0.2) is 4.79 Å². The van der Waals surface area contributed by atoms with Gasteiger partial charge in [-0.15, -0.1) is 0 Å². The quantitative estimate of drug-likeness (QED) is 0.468. The third-order valence-corrected chi connectivity index (χ3v) is 5.18. The van der Waals surface area contributed by atoms with Gasteiger partial charge in [0, 0.05) is 19.3 Å². The van der Waals surface area contributed by atoms with Crippen LogP contribution in [0.25, 0.3) is 0 Å². The Labute approximate surface area is 175 Å². The lowest BCUT2D eigenvalue weighted by Crippen LogP contribution is -2.39. The summed E-state index contributed by atoms with van der Waals surface area (Å²) in [6.45, 7) is 0.823. The Hall–Kier alpha value is -3.70. The predicted molar refractivity (Wildman–Crippen MR) is 120 cm³/mol. The molecule has 4 aromatic rings. The summed E-state index contributed by atoms with van der Waals surface area (Å²) in [6, 6.07) is 32.4. The summed E-state index contributed by atoms with van der Waals surface area (Å²) in [7, 11) is 0. The first-order chi connectivity index (χ1) is 14.7. The van der Waals surface area contributed by atoms with E-state index in [1.54, 1.807) is 6.20 Å². The Balaban J connectivity index is 1.94. The SMILES string of the molecule is NCCn1ccc(NC(c2ccccc2)(c2ccccc2)c2ccccc2)nc1=O. The van der Waals surface area contributed by atoms with Crippen molar-refractivity contribution in [1.82, 2.24) is 9.55 Å². The molecule has 3 aromatic carbocycles. The highest BCUT2D eigenvalue weighted by molar-refractivity contribution is 5.57. The van der Waals surface area contributed by atoms with E-state index < -0.39 is 5.54 Å². The van der Waals surface area contributed by atoms with Crippen LogP contribution in [0.2, 0.25) is 0 Å². The van der Waals surface area contributed by atoms with E-state index in [4.69, 9.17) is 5.73 Å². The van der Waals surface area contributed by atoms with Crippen LogP contribution in [0.15, 0.2) is 108 Å². The van der Waals surface area contributed by atoms with Gasteiger partial charge in [0.1, 0.15) is 11.4 Å². The molecule has 0 unspecified atom stereocenters. The van der Waals surface area contributed by atoms with Crippen LogP contribution in [-0.2, 0) is 12.1 Å². The molecule has 0 atom stereocenters. The maximum atomic E-state index is 12.5. The molecular formula is C25H24N4O. The van der Waals surface area contributed by atoms with Gasteiger partial charge in [0.25, 0.3) is 0 Å². The van der Waals surface area contributed by atoms with E-state index in [9.17, 15) is 4.79 Å². The molecule has 0 amide bonds. The Morgan fingerprint density at radius 2 is 1.23 bits per heavy atom. The van der Waals surface area contributed by atoms with E-state index >= 15 is 0 Å². The van der Waals surface area contributed by atoms with Crippen LogP contribution in [0, 0.1) is 0 Å². The Kier molecular flexibility index (Phi) is 5.72. The standard InChI is InChI=1S/C25H24N4O/c26-17-19-29-18-16-23(27-24(29)30)28-25(20-10-4-1-5-11-20,21-12-6-2-7-13-21)22-14-8-3-9-15-22/h1-16,18H,17,19,26H2,(H,27,28,30). The first-order valence-electron chi connectivity index (χ1n) is 9.96. The first-order valence-corrected chi connectivity index (χ1v) is 9.96. The van der Waals surface area contributed by atoms with Crippen molar-refractivity contribution in [2.75, 3.05) is 11.9 Å². The molecule has 0 saturated carbocycles. The molecule has 5 nitrogen and oxygen atoms in total. The zero-order chi connectivity index (χ0) is 20.8. The molecule has 0 spiro atoms. The number of hydrogen-bond donors (Lipinski definition) is 2. The second-order valence-corrected chi connectivity index (χ2v) is 7.05. The lowest BCUT2D eigenvalue weighted by Gasteiger charge is -2.37. The number of hydrogen-bond acceptors (Lipinski definition) is 4. The Morgan fingerprint density at radius 1 is 0.767 bits per heavy atom. The molecule has 3 N–H and O–H groups in total. The van der Waals surface area contributed by atoms with E-state index in [-0.39, 0.29) is 5.69 Å². The summed E-state index contributed by atoms with van der Waals surface area (Å²) in [5, 5.41) is 3.60. The fourth-order valence-electron chi connectivity index (χ4n) is 3.78. The largest absolute Gasteiger partial charge is 0.352 e. The number of rotatable bonds is 7. The molecule has 0 aliphatic heterocycles.